The molecule has 3 heterocycles. The highest BCUT2D eigenvalue weighted by atomic mass is 16.2. The van der Waals surface area contributed by atoms with Crippen molar-refractivity contribution in [2.45, 2.75) is 18.8 Å². The molecule has 0 radical (unpaired) electrons. The summed E-state index contributed by atoms with van der Waals surface area (Å²) in [6, 6.07) is 2.15. The third kappa shape index (κ3) is 3.19. The van der Waals surface area contributed by atoms with Gasteiger partial charge in [0.25, 0.3) is 0 Å². The van der Waals surface area contributed by atoms with Gasteiger partial charge in [-0.15, -0.1) is 0 Å². The van der Waals surface area contributed by atoms with Crippen LogP contribution in [-0.2, 0) is 4.79 Å². The van der Waals surface area contributed by atoms with Crippen molar-refractivity contribution in [2.24, 2.45) is 5.73 Å². The molecule has 1 atom stereocenters. The zero-order valence-corrected chi connectivity index (χ0v) is 12.3. The lowest BCUT2D eigenvalue weighted by atomic mass is 9.95. The Morgan fingerprint density at radius 3 is 2.95 bits per heavy atom. The maximum atomic E-state index is 11.8. The fourth-order valence-corrected chi connectivity index (χ4v) is 3.18. The first kappa shape index (κ1) is 14.3. The molecule has 2 aliphatic heterocycles. The highest BCUT2D eigenvalue weighted by Crippen LogP contribution is 2.27. The summed E-state index contributed by atoms with van der Waals surface area (Å²) in [7, 11) is 0. The molecule has 7 heteroatoms. The number of aromatic nitrogens is 2. The van der Waals surface area contributed by atoms with E-state index in [-0.39, 0.29) is 12.5 Å². The van der Waals surface area contributed by atoms with Crippen LogP contribution in [0.15, 0.2) is 6.07 Å². The summed E-state index contributed by atoms with van der Waals surface area (Å²) in [5, 5.41) is 11.0. The smallest absolute Gasteiger partial charge is 0.236 e. The van der Waals surface area contributed by atoms with Crippen molar-refractivity contribution in [1.29, 1.82) is 0 Å². The van der Waals surface area contributed by atoms with E-state index >= 15 is 0 Å². The van der Waals surface area contributed by atoms with E-state index in [1.807, 2.05) is 4.90 Å². The minimum absolute atomic E-state index is 0.0431. The quantitative estimate of drug-likeness (QED) is 0.698. The number of amides is 1. The van der Waals surface area contributed by atoms with Crippen LogP contribution in [0.3, 0.4) is 0 Å². The van der Waals surface area contributed by atoms with Gasteiger partial charge in [-0.3, -0.25) is 9.89 Å². The molecule has 0 saturated carbocycles. The van der Waals surface area contributed by atoms with E-state index in [0.717, 1.165) is 63.6 Å². The second-order valence-corrected chi connectivity index (χ2v) is 5.80. The second kappa shape index (κ2) is 6.44. The number of nitrogens with one attached hydrogen (secondary N) is 2. The summed E-state index contributed by atoms with van der Waals surface area (Å²) in [6.45, 7) is 5.67. The van der Waals surface area contributed by atoms with Gasteiger partial charge in [-0.25, -0.2) is 0 Å². The number of piperazine rings is 1. The van der Waals surface area contributed by atoms with Gasteiger partial charge >= 0.3 is 0 Å². The van der Waals surface area contributed by atoms with Gasteiger partial charge in [-0.05, 0) is 12.8 Å². The molecule has 0 aromatic carbocycles. The minimum atomic E-state index is 0.0431. The van der Waals surface area contributed by atoms with Crippen LogP contribution in [0.1, 0.15) is 24.5 Å². The molecule has 7 nitrogen and oxygen atoms in total. The molecular weight excluding hydrogens is 268 g/mol. The third-order valence-electron chi connectivity index (χ3n) is 4.41. The van der Waals surface area contributed by atoms with Crippen molar-refractivity contribution in [2.75, 3.05) is 50.7 Å². The molecule has 1 amide bonds. The summed E-state index contributed by atoms with van der Waals surface area (Å²) >= 11 is 0. The van der Waals surface area contributed by atoms with Gasteiger partial charge in [0.2, 0.25) is 5.91 Å². The molecule has 3 rings (SSSR count). The SMILES string of the molecule is NCC(=O)N1CCCC(c2cc(N3CCNCC3)n[nH]2)C1. The highest BCUT2D eigenvalue weighted by Gasteiger charge is 2.26. The highest BCUT2D eigenvalue weighted by molar-refractivity contribution is 5.78. The fraction of sp³-hybridized carbons (Fsp3) is 0.714. The van der Waals surface area contributed by atoms with E-state index in [2.05, 4.69) is 26.5 Å². The van der Waals surface area contributed by atoms with Crippen molar-refractivity contribution in [3.63, 3.8) is 0 Å². The molecule has 1 aromatic heterocycles. The van der Waals surface area contributed by atoms with E-state index in [1.165, 1.54) is 0 Å². The average Bonchev–Trinajstić information content (AvgIpc) is 3.05. The number of hydrogen-bond donors (Lipinski definition) is 3. The number of nitrogens with two attached hydrogens (primary N) is 1. The summed E-state index contributed by atoms with van der Waals surface area (Å²) in [4.78, 5) is 15.9. The van der Waals surface area contributed by atoms with E-state index in [4.69, 9.17) is 5.73 Å². The van der Waals surface area contributed by atoms with Gasteiger partial charge in [-0.2, -0.15) is 5.10 Å². The fourth-order valence-electron chi connectivity index (χ4n) is 3.18. The van der Waals surface area contributed by atoms with Gasteiger partial charge in [0.1, 0.15) is 0 Å². The number of hydrogen-bond acceptors (Lipinski definition) is 5. The first-order valence-corrected chi connectivity index (χ1v) is 7.76. The van der Waals surface area contributed by atoms with Crippen LogP contribution in [0.4, 0.5) is 5.82 Å². The normalized spacial score (nSPS) is 23.4. The Morgan fingerprint density at radius 2 is 2.19 bits per heavy atom. The molecule has 0 spiro atoms. The van der Waals surface area contributed by atoms with E-state index in [0.29, 0.717) is 5.92 Å². The molecule has 1 aromatic rings. The van der Waals surface area contributed by atoms with Gasteiger partial charge in [0, 0.05) is 56.9 Å². The van der Waals surface area contributed by atoms with Gasteiger partial charge in [-0.1, -0.05) is 0 Å². The number of H-pyrrole nitrogens is 1. The number of carbonyl (C=O) groups excluding carboxylic acids is 1. The number of piperidine rings is 1. The standard InChI is InChI=1S/C14H24N6O/c15-9-14(21)20-5-1-2-11(10-20)12-8-13(18-17-12)19-6-3-16-4-7-19/h8,11,16H,1-7,9-10,15H2,(H,17,18). The van der Waals surface area contributed by atoms with Crippen LogP contribution in [-0.4, -0.2) is 66.8 Å². The number of carbonyl (C=O) groups is 1. The number of likely N-dealkylation sites (tertiary alicyclic amines) is 1. The third-order valence-corrected chi connectivity index (χ3v) is 4.41. The molecule has 2 fully saturated rings. The lowest BCUT2D eigenvalue weighted by Crippen LogP contribution is -2.43. The van der Waals surface area contributed by atoms with Crippen LogP contribution in [0, 0.1) is 0 Å². The van der Waals surface area contributed by atoms with Crippen molar-refractivity contribution in [3.8, 4) is 0 Å². The van der Waals surface area contributed by atoms with Crippen LogP contribution < -0.4 is 16.0 Å². The summed E-state index contributed by atoms with van der Waals surface area (Å²) in [6.07, 6.45) is 2.12. The minimum Gasteiger partial charge on any atom is -0.353 e. The maximum absolute atomic E-state index is 11.8. The average molecular weight is 292 g/mol. The number of rotatable bonds is 3. The van der Waals surface area contributed by atoms with Crippen molar-refractivity contribution < 1.29 is 4.79 Å². The molecule has 2 saturated heterocycles. The predicted octanol–water partition coefficient (Wildman–Crippen LogP) is -0.516. The van der Waals surface area contributed by atoms with Gasteiger partial charge < -0.3 is 20.9 Å². The molecule has 0 aliphatic carbocycles. The monoisotopic (exact) mass is 292 g/mol. The number of aromatic amines is 1. The Kier molecular flexibility index (Phi) is 4.40. The summed E-state index contributed by atoms with van der Waals surface area (Å²) < 4.78 is 0. The molecular formula is C14H24N6O. The lowest BCUT2D eigenvalue weighted by molar-refractivity contribution is -0.130. The van der Waals surface area contributed by atoms with Crippen molar-refractivity contribution in [3.05, 3.63) is 11.8 Å². The van der Waals surface area contributed by atoms with E-state index in [1.54, 1.807) is 0 Å². The second-order valence-electron chi connectivity index (χ2n) is 5.80. The Balaban J connectivity index is 1.66. The summed E-state index contributed by atoms with van der Waals surface area (Å²) in [5.74, 6) is 1.41. The van der Waals surface area contributed by atoms with Crippen LogP contribution in [0.5, 0.6) is 0 Å². The topological polar surface area (TPSA) is 90.3 Å². The summed E-state index contributed by atoms with van der Waals surface area (Å²) in [5.41, 5.74) is 6.60. The Hall–Kier alpha value is -1.60. The molecule has 116 valence electrons. The predicted molar refractivity (Wildman–Crippen MR) is 81.3 cm³/mol. The first-order chi connectivity index (χ1) is 10.3. The molecule has 21 heavy (non-hydrogen) atoms. The molecule has 2 aliphatic rings. The van der Waals surface area contributed by atoms with Crippen molar-refractivity contribution >= 4 is 11.7 Å². The first-order valence-electron chi connectivity index (χ1n) is 7.76. The van der Waals surface area contributed by atoms with E-state index < -0.39 is 0 Å². The van der Waals surface area contributed by atoms with Crippen LogP contribution >= 0.6 is 0 Å². The Bertz CT molecular complexity index is 482. The van der Waals surface area contributed by atoms with Crippen molar-refractivity contribution in [1.82, 2.24) is 20.4 Å². The lowest BCUT2D eigenvalue weighted by Gasteiger charge is -2.32. The number of anilines is 1. The maximum Gasteiger partial charge on any atom is 0.236 e. The molecule has 0 bridgehead atoms. The Morgan fingerprint density at radius 1 is 1.38 bits per heavy atom. The van der Waals surface area contributed by atoms with Gasteiger partial charge in [0.05, 0.1) is 6.54 Å². The van der Waals surface area contributed by atoms with E-state index in [9.17, 15) is 4.79 Å². The van der Waals surface area contributed by atoms with Crippen LogP contribution in [0.25, 0.3) is 0 Å². The largest absolute Gasteiger partial charge is 0.353 e. The van der Waals surface area contributed by atoms with Crippen LogP contribution in [0.2, 0.25) is 0 Å². The van der Waals surface area contributed by atoms with Gasteiger partial charge in [0.15, 0.2) is 5.82 Å². The molecule has 1 unspecified atom stereocenters. The zero-order chi connectivity index (χ0) is 14.7. The number of nitrogens with zero attached hydrogens (tertiary/aromatic N) is 3. The molecule has 4 N–H and O–H groups in total. The zero-order valence-electron chi connectivity index (χ0n) is 12.3. The Labute approximate surface area is 124 Å².